The molecule has 1 aliphatic heterocycles. The van der Waals surface area contributed by atoms with Crippen LogP contribution in [0, 0.1) is 6.92 Å². The lowest BCUT2D eigenvalue weighted by Gasteiger charge is -2.26. The van der Waals surface area contributed by atoms with Gasteiger partial charge in [0.05, 0.1) is 0 Å². The third-order valence-electron chi connectivity index (χ3n) is 4.56. The van der Waals surface area contributed by atoms with Crippen molar-refractivity contribution in [3.63, 3.8) is 0 Å². The van der Waals surface area contributed by atoms with Crippen molar-refractivity contribution in [1.82, 2.24) is 9.47 Å². The first kappa shape index (κ1) is 14.1. The summed E-state index contributed by atoms with van der Waals surface area (Å²) in [5, 5.41) is 1.27. The fourth-order valence-corrected chi connectivity index (χ4v) is 3.51. The van der Waals surface area contributed by atoms with Gasteiger partial charge in [0.15, 0.2) is 0 Å². The molecule has 1 aromatic heterocycles. The highest BCUT2D eigenvalue weighted by molar-refractivity contribution is 5.89. The Hall–Kier alpha value is -1.81. The van der Waals surface area contributed by atoms with Crippen molar-refractivity contribution in [2.45, 2.75) is 39.3 Å². The van der Waals surface area contributed by atoms with E-state index in [4.69, 9.17) is 5.73 Å². The topological polar surface area (TPSA) is 51.3 Å². The van der Waals surface area contributed by atoms with E-state index < -0.39 is 0 Å². The van der Waals surface area contributed by atoms with Crippen LogP contribution < -0.4 is 5.73 Å². The molecule has 2 N–H and O–H groups in total. The van der Waals surface area contributed by atoms with Crippen LogP contribution >= 0.6 is 0 Å². The molecule has 0 radical (unpaired) electrons. The summed E-state index contributed by atoms with van der Waals surface area (Å²) in [6.07, 6.45) is 1.71. The number of likely N-dealkylation sites (N-methyl/N-ethyl adjacent to an activating group) is 1. The number of carbonyl (C=O) groups is 1. The minimum absolute atomic E-state index is 0.239. The molecule has 2 aromatic rings. The highest BCUT2D eigenvalue weighted by Gasteiger charge is 2.27. The van der Waals surface area contributed by atoms with Crippen LogP contribution in [-0.2, 0) is 17.8 Å². The molecule has 0 saturated carbocycles. The molecule has 1 amide bonds. The summed E-state index contributed by atoms with van der Waals surface area (Å²) in [5.74, 6) is -0.239. The number of hydrogen-bond donors (Lipinski definition) is 1. The van der Waals surface area contributed by atoms with E-state index in [1.165, 1.54) is 22.2 Å². The van der Waals surface area contributed by atoms with Gasteiger partial charge in [0.1, 0.15) is 6.04 Å². The van der Waals surface area contributed by atoms with E-state index in [1.807, 2.05) is 6.92 Å². The minimum Gasteiger partial charge on any atom is -0.368 e. The van der Waals surface area contributed by atoms with Gasteiger partial charge < -0.3 is 15.2 Å². The Morgan fingerprint density at radius 3 is 2.86 bits per heavy atom. The van der Waals surface area contributed by atoms with Crippen LogP contribution in [0.2, 0.25) is 0 Å². The van der Waals surface area contributed by atoms with Crippen molar-refractivity contribution in [3.8, 4) is 0 Å². The maximum Gasteiger partial charge on any atom is 0.240 e. The lowest BCUT2D eigenvalue weighted by Crippen LogP contribution is -2.31. The first-order chi connectivity index (χ1) is 10.0. The normalized spacial score (nSPS) is 16.9. The van der Waals surface area contributed by atoms with E-state index >= 15 is 0 Å². The van der Waals surface area contributed by atoms with E-state index in [9.17, 15) is 4.79 Å². The molecular weight excluding hydrogens is 262 g/mol. The van der Waals surface area contributed by atoms with Crippen molar-refractivity contribution in [3.05, 3.63) is 35.0 Å². The summed E-state index contributed by atoms with van der Waals surface area (Å²) in [7, 11) is 2.15. The van der Waals surface area contributed by atoms with Crippen LogP contribution in [-0.4, -0.2) is 29.0 Å². The van der Waals surface area contributed by atoms with E-state index in [-0.39, 0.29) is 11.9 Å². The summed E-state index contributed by atoms with van der Waals surface area (Å²) in [5.41, 5.74) is 10.7. The number of primary amides is 1. The van der Waals surface area contributed by atoms with Crippen LogP contribution in [0.4, 0.5) is 0 Å². The van der Waals surface area contributed by atoms with Gasteiger partial charge in [-0.15, -0.1) is 0 Å². The highest BCUT2D eigenvalue weighted by Crippen LogP contribution is 2.34. The summed E-state index contributed by atoms with van der Waals surface area (Å²) < 4.78 is 2.19. The van der Waals surface area contributed by atoms with Gasteiger partial charge in [0, 0.05) is 36.1 Å². The molecule has 0 fully saturated rings. The Morgan fingerprint density at radius 1 is 1.43 bits per heavy atom. The number of rotatable bonds is 3. The zero-order chi connectivity index (χ0) is 15.1. The molecule has 2 heterocycles. The van der Waals surface area contributed by atoms with Gasteiger partial charge in [-0.3, -0.25) is 4.79 Å². The number of benzene rings is 1. The molecule has 0 aliphatic carbocycles. The van der Waals surface area contributed by atoms with Gasteiger partial charge in [-0.1, -0.05) is 18.6 Å². The molecule has 21 heavy (non-hydrogen) atoms. The number of nitrogens with zero attached hydrogens (tertiary/aromatic N) is 2. The fourth-order valence-electron chi connectivity index (χ4n) is 3.51. The van der Waals surface area contributed by atoms with Crippen molar-refractivity contribution in [2.24, 2.45) is 5.73 Å². The molecule has 1 unspecified atom stereocenters. The lowest BCUT2D eigenvalue weighted by molar-refractivity contribution is -0.121. The zero-order valence-electron chi connectivity index (χ0n) is 13.0. The summed E-state index contributed by atoms with van der Waals surface area (Å²) in [6.45, 7) is 6.10. The van der Waals surface area contributed by atoms with Crippen molar-refractivity contribution in [1.29, 1.82) is 0 Å². The van der Waals surface area contributed by atoms with Crippen LogP contribution in [0.15, 0.2) is 18.2 Å². The number of carbonyl (C=O) groups excluding carboxylic acids is 1. The van der Waals surface area contributed by atoms with Crippen LogP contribution in [0.1, 0.15) is 36.2 Å². The maximum atomic E-state index is 11.9. The number of aryl methyl sites for hydroxylation is 1. The summed E-state index contributed by atoms with van der Waals surface area (Å²) in [4.78, 5) is 14.2. The largest absolute Gasteiger partial charge is 0.368 e. The monoisotopic (exact) mass is 285 g/mol. The second-order valence-electron chi connectivity index (χ2n) is 6.13. The summed E-state index contributed by atoms with van der Waals surface area (Å²) in [6, 6.07) is 6.23. The average molecular weight is 285 g/mol. The number of fused-ring (bicyclic) bond motifs is 3. The van der Waals surface area contributed by atoms with Gasteiger partial charge in [-0.2, -0.15) is 0 Å². The first-order valence-corrected chi connectivity index (χ1v) is 7.63. The molecule has 4 nitrogen and oxygen atoms in total. The molecule has 1 aromatic carbocycles. The molecule has 0 spiro atoms. The SMILES string of the molecule is CCC(C(N)=O)n1c2c(c3cc(C)ccc31)CN(C)CC2. The third-order valence-corrected chi connectivity index (χ3v) is 4.56. The third kappa shape index (κ3) is 2.23. The van der Waals surface area contributed by atoms with Gasteiger partial charge in [-0.25, -0.2) is 0 Å². The molecule has 0 bridgehead atoms. The average Bonchev–Trinajstić information content (AvgIpc) is 2.73. The van der Waals surface area contributed by atoms with Crippen LogP contribution in [0.25, 0.3) is 10.9 Å². The highest BCUT2D eigenvalue weighted by atomic mass is 16.1. The number of nitrogens with two attached hydrogens (primary N) is 1. The Labute approximate surface area is 125 Å². The minimum atomic E-state index is -0.248. The Morgan fingerprint density at radius 2 is 2.19 bits per heavy atom. The molecule has 1 aliphatic rings. The number of amides is 1. The number of aromatic nitrogens is 1. The molecule has 3 rings (SSSR count). The predicted molar refractivity (Wildman–Crippen MR) is 85.2 cm³/mol. The maximum absolute atomic E-state index is 11.9. The smallest absolute Gasteiger partial charge is 0.240 e. The lowest BCUT2D eigenvalue weighted by atomic mass is 10.0. The predicted octanol–water partition coefficient (Wildman–Crippen LogP) is 2.37. The van der Waals surface area contributed by atoms with Gasteiger partial charge in [-0.05, 0) is 38.1 Å². The summed E-state index contributed by atoms with van der Waals surface area (Å²) >= 11 is 0. The van der Waals surface area contributed by atoms with Gasteiger partial charge in [0.25, 0.3) is 0 Å². The van der Waals surface area contributed by atoms with Gasteiger partial charge in [0.2, 0.25) is 5.91 Å². The van der Waals surface area contributed by atoms with Crippen molar-refractivity contribution < 1.29 is 4.79 Å². The van der Waals surface area contributed by atoms with E-state index in [0.29, 0.717) is 0 Å². The van der Waals surface area contributed by atoms with Crippen molar-refractivity contribution in [2.75, 3.05) is 13.6 Å². The molecular formula is C17H23N3O. The fraction of sp³-hybridized carbons (Fsp3) is 0.471. The van der Waals surface area contributed by atoms with Crippen LogP contribution in [0.3, 0.4) is 0 Å². The second-order valence-corrected chi connectivity index (χ2v) is 6.13. The number of hydrogen-bond acceptors (Lipinski definition) is 2. The standard InChI is InChI=1S/C17H23N3O/c1-4-14(17(18)21)20-15-6-5-11(2)9-12(15)13-10-19(3)8-7-16(13)20/h5-6,9,14H,4,7-8,10H2,1-3H3,(H2,18,21). The van der Waals surface area contributed by atoms with Crippen LogP contribution in [0.5, 0.6) is 0 Å². The van der Waals surface area contributed by atoms with Crippen molar-refractivity contribution >= 4 is 16.8 Å². The molecule has 112 valence electrons. The second kappa shape index (κ2) is 5.19. The molecule has 1 atom stereocenters. The molecule has 4 heteroatoms. The van der Waals surface area contributed by atoms with E-state index in [0.717, 1.165) is 31.4 Å². The first-order valence-electron chi connectivity index (χ1n) is 7.63. The zero-order valence-corrected chi connectivity index (χ0v) is 13.0. The Balaban J connectivity index is 2.31. The molecule has 0 saturated heterocycles. The van der Waals surface area contributed by atoms with Gasteiger partial charge >= 0.3 is 0 Å². The quantitative estimate of drug-likeness (QED) is 0.941. The van der Waals surface area contributed by atoms with E-state index in [2.05, 4.69) is 41.6 Å². The Kier molecular flexibility index (Phi) is 3.49. The van der Waals surface area contributed by atoms with E-state index in [1.54, 1.807) is 0 Å². The Bertz CT molecular complexity index is 702.